The molecule has 6 rings (SSSR count). The van der Waals surface area contributed by atoms with Crippen LogP contribution >= 0.6 is 0 Å². The van der Waals surface area contributed by atoms with Crippen molar-refractivity contribution in [3.63, 3.8) is 0 Å². The molecule has 6 nitrogen and oxygen atoms in total. The lowest BCUT2D eigenvalue weighted by Gasteiger charge is -2.08. The number of aromatic nitrogens is 6. The molecule has 0 fully saturated rings. The van der Waals surface area contributed by atoms with Crippen LogP contribution in [0.2, 0.25) is 0 Å². The number of fused-ring (bicyclic) bond motifs is 1. The Labute approximate surface area is 184 Å². The molecule has 4 N–H and O–H groups in total. The van der Waals surface area contributed by atoms with Crippen molar-refractivity contribution in [2.45, 2.75) is 12.8 Å². The van der Waals surface area contributed by atoms with E-state index in [9.17, 15) is 0 Å². The molecule has 0 unspecified atom stereocenters. The smallest absolute Gasteiger partial charge is 0.115 e. The van der Waals surface area contributed by atoms with E-state index in [0.717, 1.165) is 58.0 Å². The largest absolute Gasteiger partial charge is 0.365 e. The van der Waals surface area contributed by atoms with Crippen molar-refractivity contribution in [1.82, 2.24) is 29.9 Å². The lowest BCUT2D eigenvalue weighted by molar-refractivity contribution is 1.05. The monoisotopic (exact) mass is 418 g/mol. The first-order valence-electron chi connectivity index (χ1n) is 10.7. The molecule has 0 atom stereocenters. The highest BCUT2D eigenvalue weighted by Gasteiger charge is 2.16. The number of nitrogens with zero attached hydrogens (tertiary/aromatic N) is 2. The summed E-state index contributed by atoms with van der Waals surface area (Å²) in [6.07, 6.45) is 5.52. The Kier molecular flexibility index (Phi) is 4.46. The van der Waals surface area contributed by atoms with E-state index in [2.05, 4.69) is 56.3 Å². The van der Waals surface area contributed by atoms with Crippen molar-refractivity contribution in [2.24, 2.45) is 0 Å². The number of hydrogen-bond acceptors (Lipinski definition) is 2. The Morgan fingerprint density at radius 2 is 1.00 bits per heavy atom. The highest BCUT2D eigenvalue weighted by atomic mass is 14.9. The Bertz CT molecular complexity index is 1360. The van der Waals surface area contributed by atoms with Gasteiger partial charge in [-0.1, -0.05) is 12.1 Å². The molecule has 0 spiro atoms. The van der Waals surface area contributed by atoms with Crippen molar-refractivity contribution < 1.29 is 0 Å². The fourth-order valence-corrected chi connectivity index (χ4v) is 4.10. The predicted octanol–water partition coefficient (Wildman–Crippen LogP) is 5.46. The third-order valence-electron chi connectivity index (χ3n) is 5.66. The zero-order chi connectivity index (χ0) is 21.3. The second kappa shape index (κ2) is 7.74. The van der Waals surface area contributed by atoms with Crippen LogP contribution in [-0.2, 0) is 12.8 Å². The minimum absolute atomic E-state index is 0.812. The van der Waals surface area contributed by atoms with Crippen LogP contribution in [0.15, 0.2) is 85.2 Å². The molecule has 32 heavy (non-hydrogen) atoms. The maximum absolute atomic E-state index is 4.99. The number of nitrogens with one attached hydrogen (secondary N) is 4. The molecule has 0 bridgehead atoms. The summed E-state index contributed by atoms with van der Waals surface area (Å²) >= 11 is 0. The molecule has 6 heteroatoms. The first kappa shape index (κ1) is 18.4. The first-order valence-corrected chi connectivity index (χ1v) is 10.7. The van der Waals surface area contributed by atoms with Crippen LogP contribution in [0.3, 0.4) is 0 Å². The Hall–Kier alpha value is -4.32. The SMILES string of the molecule is c1c[nH]c(Cc2ccc(-c3nc4ccccc4nc3-c3ccc(Cc4ccc[nH]4)[nH]3)[nH]2)c1. The van der Waals surface area contributed by atoms with E-state index in [1.807, 2.05) is 48.8 Å². The van der Waals surface area contributed by atoms with Gasteiger partial charge >= 0.3 is 0 Å². The zero-order valence-electron chi connectivity index (χ0n) is 17.4. The Balaban J connectivity index is 1.41. The van der Waals surface area contributed by atoms with E-state index < -0.39 is 0 Å². The van der Waals surface area contributed by atoms with Gasteiger partial charge in [-0.25, -0.2) is 9.97 Å². The van der Waals surface area contributed by atoms with E-state index >= 15 is 0 Å². The average Bonchev–Trinajstić information content (AvgIpc) is 3.62. The van der Waals surface area contributed by atoms with Gasteiger partial charge in [0.15, 0.2) is 0 Å². The molecule has 0 aliphatic rings. The fourth-order valence-electron chi connectivity index (χ4n) is 4.10. The summed E-state index contributed by atoms with van der Waals surface area (Å²) in [4.78, 5) is 23.6. The Morgan fingerprint density at radius 3 is 1.44 bits per heavy atom. The van der Waals surface area contributed by atoms with Gasteiger partial charge in [0.25, 0.3) is 0 Å². The molecule has 5 heterocycles. The molecule has 0 saturated heterocycles. The molecule has 0 aliphatic heterocycles. The summed E-state index contributed by atoms with van der Waals surface area (Å²) < 4.78 is 0. The second-order valence-electron chi connectivity index (χ2n) is 7.95. The van der Waals surface area contributed by atoms with Gasteiger partial charge in [-0.05, 0) is 60.7 Å². The molecule has 0 aliphatic carbocycles. The minimum atomic E-state index is 0.812. The van der Waals surface area contributed by atoms with Gasteiger partial charge in [0.1, 0.15) is 11.4 Å². The maximum Gasteiger partial charge on any atom is 0.115 e. The van der Waals surface area contributed by atoms with E-state index in [0.29, 0.717) is 0 Å². The molecular weight excluding hydrogens is 396 g/mol. The molecule has 1 aromatic carbocycles. The first-order chi connectivity index (χ1) is 15.8. The third-order valence-corrected chi connectivity index (χ3v) is 5.66. The maximum atomic E-state index is 4.99. The standard InChI is InChI=1S/C26H22N6/c1-2-8-22-21(7-1)31-25(23-11-9-19(29-23)15-17-5-3-13-27-17)26(32-22)24-12-10-20(30-24)16-18-6-4-14-28-18/h1-14,27-30H,15-16H2. The summed E-state index contributed by atoms with van der Waals surface area (Å²) in [5, 5.41) is 0. The van der Waals surface area contributed by atoms with Gasteiger partial charge in [-0.15, -0.1) is 0 Å². The van der Waals surface area contributed by atoms with Crippen molar-refractivity contribution >= 4 is 11.0 Å². The topological polar surface area (TPSA) is 88.9 Å². The second-order valence-corrected chi connectivity index (χ2v) is 7.95. The van der Waals surface area contributed by atoms with Gasteiger partial charge in [0, 0.05) is 48.0 Å². The molecule has 0 saturated carbocycles. The molecule has 6 aromatic rings. The molecular formula is C26H22N6. The van der Waals surface area contributed by atoms with Crippen LogP contribution in [0.1, 0.15) is 22.8 Å². The quantitative estimate of drug-likeness (QED) is 0.289. The van der Waals surface area contributed by atoms with Crippen LogP contribution in [0.4, 0.5) is 0 Å². The minimum Gasteiger partial charge on any atom is -0.365 e. The number of hydrogen-bond donors (Lipinski definition) is 4. The molecule has 0 amide bonds. The normalized spacial score (nSPS) is 11.4. The number of rotatable bonds is 6. The van der Waals surface area contributed by atoms with E-state index in [4.69, 9.17) is 9.97 Å². The van der Waals surface area contributed by atoms with Crippen molar-refractivity contribution in [1.29, 1.82) is 0 Å². The van der Waals surface area contributed by atoms with Gasteiger partial charge < -0.3 is 19.9 Å². The number of H-pyrrole nitrogens is 4. The molecule has 5 aromatic heterocycles. The lowest BCUT2D eigenvalue weighted by atomic mass is 10.1. The van der Waals surface area contributed by atoms with E-state index in [1.54, 1.807) is 0 Å². The summed E-state index contributed by atoms with van der Waals surface area (Å²) in [5.74, 6) is 0. The third kappa shape index (κ3) is 3.52. The Morgan fingerprint density at radius 1 is 0.500 bits per heavy atom. The van der Waals surface area contributed by atoms with E-state index in [-0.39, 0.29) is 0 Å². The number of para-hydroxylation sites is 2. The number of aromatic amines is 4. The van der Waals surface area contributed by atoms with Crippen molar-refractivity contribution in [2.75, 3.05) is 0 Å². The number of benzene rings is 1. The van der Waals surface area contributed by atoms with E-state index in [1.165, 1.54) is 11.4 Å². The predicted molar refractivity (Wildman–Crippen MR) is 126 cm³/mol. The van der Waals surface area contributed by atoms with Crippen LogP contribution in [0, 0.1) is 0 Å². The summed E-state index contributed by atoms with van der Waals surface area (Å²) in [6, 6.07) is 24.6. The molecule has 0 radical (unpaired) electrons. The van der Waals surface area contributed by atoms with Crippen molar-refractivity contribution in [3.05, 3.63) is 108 Å². The summed E-state index contributed by atoms with van der Waals surface area (Å²) in [7, 11) is 0. The zero-order valence-corrected chi connectivity index (χ0v) is 17.4. The molecule has 156 valence electrons. The summed E-state index contributed by atoms with van der Waals surface area (Å²) in [5.41, 5.74) is 9.95. The fraction of sp³-hybridized carbons (Fsp3) is 0.0769. The lowest BCUT2D eigenvalue weighted by Crippen LogP contribution is -1.97. The van der Waals surface area contributed by atoms with Gasteiger partial charge in [-0.3, -0.25) is 0 Å². The highest BCUT2D eigenvalue weighted by molar-refractivity contribution is 5.84. The van der Waals surface area contributed by atoms with Gasteiger partial charge in [-0.2, -0.15) is 0 Å². The van der Waals surface area contributed by atoms with Crippen LogP contribution in [0.5, 0.6) is 0 Å². The van der Waals surface area contributed by atoms with Crippen LogP contribution < -0.4 is 0 Å². The van der Waals surface area contributed by atoms with Gasteiger partial charge in [0.2, 0.25) is 0 Å². The average molecular weight is 419 g/mol. The van der Waals surface area contributed by atoms with Gasteiger partial charge in [0.05, 0.1) is 22.4 Å². The highest BCUT2D eigenvalue weighted by Crippen LogP contribution is 2.30. The van der Waals surface area contributed by atoms with Crippen LogP contribution in [-0.4, -0.2) is 29.9 Å². The van der Waals surface area contributed by atoms with Crippen LogP contribution in [0.25, 0.3) is 33.8 Å². The van der Waals surface area contributed by atoms with Crippen molar-refractivity contribution in [3.8, 4) is 22.8 Å². The summed E-state index contributed by atoms with van der Waals surface area (Å²) in [6.45, 7) is 0.